The lowest BCUT2D eigenvalue weighted by molar-refractivity contribution is 0.759. The van der Waals surface area contributed by atoms with E-state index in [1.807, 2.05) is 26.2 Å². The van der Waals surface area contributed by atoms with Gasteiger partial charge in [-0.1, -0.05) is 0 Å². The molecule has 0 saturated heterocycles. The summed E-state index contributed by atoms with van der Waals surface area (Å²) in [5.41, 5.74) is 6.81. The first-order valence-electron chi connectivity index (χ1n) is 3.72. The van der Waals surface area contributed by atoms with Crippen LogP contribution in [0, 0.1) is 6.92 Å². The van der Waals surface area contributed by atoms with Gasteiger partial charge in [-0.25, -0.2) is 0 Å². The molecule has 0 amide bonds. The molecule has 4 nitrogen and oxygen atoms in total. The molecule has 0 saturated carbocycles. The fourth-order valence-electron chi connectivity index (χ4n) is 1.27. The van der Waals surface area contributed by atoms with Crippen LogP contribution in [0.3, 0.4) is 0 Å². The van der Waals surface area contributed by atoms with Crippen molar-refractivity contribution in [2.24, 2.45) is 12.1 Å². The number of nitrogens with zero attached hydrogens (tertiary/aromatic N) is 4. The van der Waals surface area contributed by atoms with E-state index in [0.717, 1.165) is 17.0 Å². The molecule has 0 unspecified atom stereocenters. The van der Waals surface area contributed by atoms with Crippen LogP contribution < -0.4 is 5.43 Å². The van der Waals surface area contributed by atoms with Crippen LogP contribution in [0.15, 0.2) is 23.6 Å². The molecule has 1 aromatic heterocycles. The fourth-order valence-corrected chi connectivity index (χ4v) is 1.27. The number of hydrogen-bond donors (Lipinski definition) is 0. The molecule has 0 atom stereocenters. The van der Waals surface area contributed by atoms with E-state index in [0.29, 0.717) is 0 Å². The van der Waals surface area contributed by atoms with Crippen LogP contribution in [0.5, 0.6) is 0 Å². The highest BCUT2D eigenvalue weighted by molar-refractivity contribution is 6.09. The molecular weight excluding hydrogens is 152 g/mol. The Bertz CT molecular complexity index is 340. The van der Waals surface area contributed by atoms with Gasteiger partial charge in [-0.15, -0.1) is 5.10 Å². The maximum Gasteiger partial charge on any atom is 0.113 e. The molecule has 61 valence electrons. The van der Waals surface area contributed by atoms with Gasteiger partial charge in [-0.05, 0) is 18.6 Å². The molecule has 1 radical (unpaired) electrons. The topological polar surface area (TPSA) is 44.3 Å². The Morgan fingerprint density at radius 2 is 2.25 bits per heavy atom. The minimum Gasteiger partial charge on any atom is -0.266 e. The predicted octanol–water partition coefficient (Wildman–Crippen LogP) is 0.564. The van der Waals surface area contributed by atoms with Gasteiger partial charge < -0.3 is 0 Å². The van der Waals surface area contributed by atoms with E-state index >= 15 is 0 Å². The second-order valence-corrected chi connectivity index (χ2v) is 2.72. The molecule has 2 heterocycles. The van der Waals surface area contributed by atoms with Gasteiger partial charge in [0.15, 0.2) is 0 Å². The summed E-state index contributed by atoms with van der Waals surface area (Å²) in [4.78, 5) is 0. The second kappa shape index (κ2) is 2.48. The van der Waals surface area contributed by atoms with Gasteiger partial charge in [0.25, 0.3) is 0 Å². The lowest BCUT2D eigenvalue weighted by atomic mass is 10.2. The summed E-state index contributed by atoms with van der Waals surface area (Å²) in [6, 6.07) is 0. The van der Waals surface area contributed by atoms with Gasteiger partial charge >= 0.3 is 0 Å². The van der Waals surface area contributed by atoms with Gasteiger partial charge in [-0.3, -0.25) is 4.68 Å². The van der Waals surface area contributed by atoms with E-state index in [-0.39, 0.29) is 0 Å². The number of aromatic nitrogens is 2. The van der Waals surface area contributed by atoms with Crippen LogP contribution in [0.1, 0.15) is 11.3 Å². The summed E-state index contributed by atoms with van der Waals surface area (Å²) in [6.07, 6.45) is 5.38. The normalized spacial score (nSPS) is 14.7. The van der Waals surface area contributed by atoms with Gasteiger partial charge in [0.1, 0.15) is 5.71 Å². The van der Waals surface area contributed by atoms with Gasteiger partial charge in [0, 0.05) is 7.05 Å². The molecule has 0 spiro atoms. The monoisotopic (exact) mass is 161 g/mol. The van der Waals surface area contributed by atoms with E-state index in [9.17, 15) is 0 Å². The fraction of sp³-hybridized carbons (Fsp3) is 0.250. The third-order valence-electron chi connectivity index (χ3n) is 1.83. The van der Waals surface area contributed by atoms with Crippen molar-refractivity contribution < 1.29 is 0 Å². The number of rotatable bonds is 1. The highest BCUT2D eigenvalue weighted by atomic mass is 15.3. The van der Waals surface area contributed by atoms with Crippen molar-refractivity contribution in [2.45, 2.75) is 6.92 Å². The van der Waals surface area contributed by atoms with E-state index in [1.165, 1.54) is 0 Å². The van der Waals surface area contributed by atoms with Gasteiger partial charge in [-0.2, -0.15) is 10.5 Å². The van der Waals surface area contributed by atoms with E-state index in [4.69, 9.17) is 0 Å². The zero-order valence-electron chi connectivity index (χ0n) is 7.02. The van der Waals surface area contributed by atoms with Crippen molar-refractivity contribution in [3.05, 3.63) is 29.7 Å². The third kappa shape index (κ3) is 0.922. The predicted molar refractivity (Wildman–Crippen MR) is 45.8 cm³/mol. The van der Waals surface area contributed by atoms with Crippen molar-refractivity contribution in [1.82, 2.24) is 15.2 Å². The van der Waals surface area contributed by atoms with Crippen molar-refractivity contribution in [2.75, 3.05) is 0 Å². The lowest BCUT2D eigenvalue weighted by Gasteiger charge is -1.98. The first kappa shape index (κ1) is 7.09. The second-order valence-electron chi connectivity index (χ2n) is 2.72. The zero-order valence-corrected chi connectivity index (χ0v) is 7.02. The minimum absolute atomic E-state index is 0.882. The standard InChI is InChI=1S/C8H9N4/c1-6-5-10-12(2)8(6)7-3-4-9-11-7/h3-5H,1-2H3. The molecule has 0 N–H and O–H groups in total. The Hall–Kier alpha value is -1.58. The molecule has 1 aliphatic heterocycles. The average molecular weight is 161 g/mol. The Labute approximate surface area is 70.6 Å². The maximum absolute atomic E-state index is 4.12. The highest BCUT2D eigenvalue weighted by Gasteiger charge is 2.11. The first-order valence-corrected chi connectivity index (χ1v) is 3.72. The molecule has 0 bridgehead atoms. The quantitative estimate of drug-likeness (QED) is 0.593. The van der Waals surface area contributed by atoms with Crippen LogP contribution in [-0.4, -0.2) is 15.5 Å². The largest absolute Gasteiger partial charge is 0.266 e. The van der Waals surface area contributed by atoms with Crippen LogP contribution in [-0.2, 0) is 7.05 Å². The first-order chi connectivity index (χ1) is 5.79. The summed E-state index contributed by atoms with van der Waals surface area (Å²) in [5.74, 6) is 0. The molecule has 1 aliphatic rings. The molecule has 12 heavy (non-hydrogen) atoms. The summed E-state index contributed by atoms with van der Waals surface area (Å²) in [5, 5.41) is 8.09. The molecule has 2 rings (SSSR count). The Morgan fingerprint density at radius 1 is 1.42 bits per heavy atom. The summed E-state index contributed by atoms with van der Waals surface area (Å²) < 4.78 is 1.80. The van der Waals surface area contributed by atoms with Crippen LogP contribution >= 0.6 is 0 Å². The average Bonchev–Trinajstić information content (AvgIpc) is 2.61. The molecule has 4 heteroatoms. The van der Waals surface area contributed by atoms with Crippen LogP contribution in [0.4, 0.5) is 0 Å². The number of hydrogen-bond acceptors (Lipinski definition) is 2. The summed E-state index contributed by atoms with van der Waals surface area (Å²) in [6.45, 7) is 2.01. The van der Waals surface area contributed by atoms with Crippen LogP contribution in [0.25, 0.3) is 0 Å². The van der Waals surface area contributed by atoms with Crippen molar-refractivity contribution in [3.8, 4) is 0 Å². The van der Waals surface area contributed by atoms with Crippen molar-refractivity contribution in [3.63, 3.8) is 0 Å². The third-order valence-corrected chi connectivity index (χ3v) is 1.83. The molecule has 0 aromatic carbocycles. The Kier molecular flexibility index (Phi) is 1.46. The number of aryl methyl sites for hydroxylation is 2. The van der Waals surface area contributed by atoms with E-state index in [2.05, 4.69) is 15.6 Å². The van der Waals surface area contributed by atoms with E-state index in [1.54, 1.807) is 10.9 Å². The van der Waals surface area contributed by atoms with Crippen molar-refractivity contribution in [1.29, 1.82) is 0 Å². The van der Waals surface area contributed by atoms with Crippen LogP contribution in [0.2, 0.25) is 0 Å². The smallest absolute Gasteiger partial charge is 0.113 e. The highest BCUT2D eigenvalue weighted by Crippen LogP contribution is 2.09. The molecule has 1 aromatic rings. The van der Waals surface area contributed by atoms with Crippen molar-refractivity contribution >= 4 is 5.71 Å². The van der Waals surface area contributed by atoms with Gasteiger partial charge in [0.05, 0.1) is 18.1 Å². The summed E-state index contributed by atoms with van der Waals surface area (Å²) >= 11 is 0. The molecular formula is C8H9N4. The summed E-state index contributed by atoms with van der Waals surface area (Å²) in [7, 11) is 1.90. The number of allylic oxidation sites excluding steroid dienone is 1. The molecule has 0 aliphatic carbocycles. The minimum atomic E-state index is 0.882. The zero-order chi connectivity index (χ0) is 8.55. The van der Waals surface area contributed by atoms with Gasteiger partial charge in [0.2, 0.25) is 0 Å². The SMILES string of the molecule is Cc1cnn(C)c1C1=N[N]C=C1. The Balaban J connectivity index is 2.51. The van der Waals surface area contributed by atoms with E-state index < -0.39 is 0 Å². The lowest BCUT2D eigenvalue weighted by Crippen LogP contribution is -2.05. The molecule has 0 fully saturated rings. The maximum atomic E-state index is 4.12. The Morgan fingerprint density at radius 3 is 2.75 bits per heavy atom.